The van der Waals surface area contributed by atoms with Crippen molar-refractivity contribution in [3.05, 3.63) is 23.2 Å². The van der Waals surface area contributed by atoms with Crippen LogP contribution in [0.15, 0.2) is 23.1 Å². The summed E-state index contributed by atoms with van der Waals surface area (Å²) in [5, 5.41) is 10.0. The summed E-state index contributed by atoms with van der Waals surface area (Å²) in [5.74, 6) is 0.802. The Morgan fingerprint density at radius 1 is 1.53 bits per heavy atom. The van der Waals surface area contributed by atoms with Crippen molar-refractivity contribution in [3.8, 4) is 5.75 Å². The molecule has 2 nitrogen and oxygen atoms in total. The van der Waals surface area contributed by atoms with Crippen LogP contribution in [0.25, 0.3) is 0 Å². The van der Waals surface area contributed by atoms with Gasteiger partial charge in [0.2, 0.25) is 0 Å². The minimum absolute atomic E-state index is 0.164. The van der Waals surface area contributed by atoms with Gasteiger partial charge in [-0.1, -0.05) is 18.5 Å². The number of thioether (sulfide) groups is 1. The molecule has 0 fully saturated rings. The minimum atomic E-state index is 0.164. The van der Waals surface area contributed by atoms with E-state index in [-0.39, 0.29) is 11.9 Å². The Kier molecular flexibility index (Phi) is 5.29. The van der Waals surface area contributed by atoms with E-state index in [2.05, 4.69) is 0 Å². The zero-order valence-electron chi connectivity index (χ0n) is 8.87. The Morgan fingerprint density at radius 3 is 2.80 bits per heavy atom. The van der Waals surface area contributed by atoms with E-state index in [9.17, 15) is 0 Å². The highest BCUT2D eigenvalue weighted by molar-refractivity contribution is 8.00. The van der Waals surface area contributed by atoms with Crippen molar-refractivity contribution in [2.24, 2.45) is 0 Å². The first kappa shape index (κ1) is 12.7. The number of rotatable bonds is 5. The van der Waals surface area contributed by atoms with Gasteiger partial charge in [0.15, 0.2) is 0 Å². The molecule has 0 heterocycles. The molecule has 1 atom stereocenters. The predicted octanol–water partition coefficient (Wildman–Crippen LogP) is 3.21. The Hall–Kier alpha value is -0.380. The van der Waals surface area contributed by atoms with Crippen LogP contribution in [0.5, 0.6) is 5.75 Å². The molecular formula is C11H15ClO2S. The summed E-state index contributed by atoms with van der Waals surface area (Å²) in [6.45, 7) is 2.21. The molecule has 0 saturated heterocycles. The van der Waals surface area contributed by atoms with Crippen molar-refractivity contribution in [1.29, 1.82) is 0 Å². The molecule has 0 aliphatic carbocycles. The molecule has 1 unspecified atom stereocenters. The Balaban J connectivity index is 2.86. The number of methoxy groups -OCH3 is 1. The number of ether oxygens (including phenoxy) is 1. The van der Waals surface area contributed by atoms with Crippen LogP contribution in [0, 0.1) is 0 Å². The van der Waals surface area contributed by atoms with E-state index in [1.54, 1.807) is 24.9 Å². The molecule has 15 heavy (non-hydrogen) atoms. The van der Waals surface area contributed by atoms with Gasteiger partial charge >= 0.3 is 0 Å². The van der Waals surface area contributed by atoms with E-state index in [0.29, 0.717) is 5.02 Å². The van der Waals surface area contributed by atoms with Crippen LogP contribution in [0.3, 0.4) is 0 Å². The number of aliphatic hydroxyl groups excluding tert-OH is 1. The highest BCUT2D eigenvalue weighted by Crippen LogP contribution is 2.35. The molecule has 0 saturated carbocycles. The maximum Gasteiger partial charge on any atom is 0.132 e. The molecule has 0 bridgehead atoms. The Morgan fingerprint density at radius 2 is 2.27 bits per heavy atom. The number of aliphatic hydroxyl groups is 1. The molecular weight excluding hydrogens is 232 g/mol. The fraction of sp³-hybridized carbons (Fsp3) is 0.455. The molecule has 0 spiro atoms. The summed E-state index contributed by atoms with van der Waals surface area (Å²) >= 11 is 7.51. The standard InChI is InChI=1S/C11H15ClO2S/c1-3-9(7-13)15-11-6-8(12)4-5-10(11)14-2/h4-6,9,13H,3,7H2,1-2H3. The first-order chi connectivity index (χ1) is 7.21. The minimum Gasteiger partial charge on any atom is -0.496 e. The van der Waals surface area contributed by atoms with Crippen molar-refractivity contribution < 1.29 is 9.84 Å². The number of hydrogen-bond acceptors (Lipinski definition) is 3. The molecule has 0 aromatic heterocycles. The molecule has 84 valence electrons. The summed E-state index contributed by atoms with van der Waals surface area (Å²) in [6.07, 6.45) is 0.914. The third kappa shape index (κ3) is 3.59. The second-order valence-corrected chi connectivity index (χ2v) is 4.90. The van der Waals surface area contributed by atoms with Crippen LogP contribution >= 0.6 is 23.4 Å². The largest absolute Gasteiger partial charge is 0.496 e. The zero-order chi connectivity index (χ0) is 11.3. The highest BCUT2D eigenvalue weighted by atomic mass is 35.5. The lowest BCUT2D eigenvalue weighted by molar-refractivity contribution is 0.292. The van der Waals surface area contributed by atoms with Crippen LogP contribution < -0.4 is 4.74 Å². The van der Waals surface area contributed by atoms with Gasteiger partial charge in [0.1, 0.15) is 5.75 Å². The lowest BCUT2D eigenvalue weighted by Crippen LogP contribution is -2.06. The van der Waals surface area contributed by atoms with Crippen LogP contribution in [-0.2, 0) is 0 Å². The van der Waals surface area contributed by atoms with Crippen molar-refractivity contribution >= 4 is 23.4 Å². The Labute approximate surface area is 99.6 Å². The first-order valence-electron chi connectivity index (χ1n) is 4.82. The van der Waals surface area contributed by atoms with E-state index in [0.717, 1.165) is 17.1 Å². The molecule has 0 aliphatic heterocycles. The van der Waals surface area contributed by atoms with E-state index < -0.39 is 0 Å². The summed E-state index contributed by atoms with van der Waals surface area (Å²) in [4.78, 5) is 0.978. The molecule has 1 aromatic carbocycles. The van der Waals surface area contributed by atoms with Crippen LogP contribution in [0.4, 0.5) is 0 Å². The third-order valence-electron chi connectivity index (χ3n) is 2.08. The van der Waals surface area contributed by atoms with Crippen molar-refractivity contribution in [2.45, 2.75) is 23.5 Å². The van der Waals surface area contributed by atoms with E-state index >= 15 is 0 Å². The Bertz CT molecular complexity index is 313. The maximum atomic E-state index is 9.13. The summed E-state index contributed by atoms with van der Waals surface area (Å²) in [5.41, 5.74) is 0. The average molecular weight is 247 g/mol. The van der Waals surface area contributed by atoms with Gasteiger partial charge in [-0.15, -0.1) is 11.8 Å². The zero-order valence-corrected chi connectivity index (χ0v) is 10.4. The molecule has 1 N–H and O–H groups in total. The lowest BCUT2D eigenvalue weighted by atomic mass is 10.3. The average Bonchev–Trinajstić information content (AvgIpc) is 2.26. The fourth-order valence-electron chi connectivity index (χ4n) is 1.17. The van der Waals surface area contributed by atoms with Gasteiger partial charge in [0.05, 0.1) is 18.6 Å². The van der Waals surface area contributed by atoms with Gasteiger partial charge in [-0.3, -0.25) is 0 Å². The van der Waals surface area contributed by atoms with Gasteiger partial charge in [0.25, 0.3) is 0 Å². The van der Waals surface area contributed by atoms with Gasteiger partial charge < -0.3 is 9.84 Å². The molecule has 1 aromatic rings. The van der Waals surface area contributed by atoms with E-state index in [1.165, 1.54) is 0 Å². The van der Waals surface area contributed by atoms with Gasteiger partial charge in [-0.2, -0.15) is 0 Å². The molecule has 0 radical (unpaired) electrons. The smallest absolute Gasteiger partial charge is 0.132 e. The first-order valence-corrected chi connectivity index (χ1v) is 6.08. The molecule has 0 amide bonds. The van der Waals surface area contributed by atoms with Crippen molar-refractivity contribution in [2.75, 3.05) is 13.7 Å². The summed E-state index contributed by atoms with van der Waals surface area (Å²) in [7, 11) is 1.63. The second kappa shape index (κ2) is 6.26. The van der Waals surface area contributed by atoms with Crippen LogP contribution in [-0.4, -0.2) is 24.1 Å². The highest BCUT2D eigenvalue weighted by Gasteiger charge is 2.11. The number of benzene rings is 1. The normalized spacial score (nSPS) is 12.5. The SMILES string of the molecule is CCC(CO)Sc1cc(Cl)ccc1OC. The molecule has 1 rings (SSSR count). The van der Waals surface area contributed by atoms with Gasteiger partial charge in [-0.25, -0.2) is 0 Å². The van der Waals surface area contributed by atoms with Crippen molar-refractivity contribution in [1.82, 2.24) is 0 Å². The number of hydrogen-bond donors (Lipinski definition) is 1. The predicted molar refractivity (Wildman–Crippen MR) is 65.0 cm³/mol. The molecule has 0 aliphatic rings. The molecule has 4 heteroatoms. The van der Waals surface area contributed by atoms with E-state index in [1.807, 2.05) is 19.1 Å². The van der Waals surface area contributed by atoms with E-state index in [4.69, 9.17) is 21.4 Å². The quantitative estimate of drug-likeness (QED) is 0.809. The summed E-state index contributed by atoms with van der Waals surface area (Å²) in [6, 6.07) is 5.50. The number of halogens is 1. The van der Waals surface area contributed by atoms with Gasteiger partial charge in [0, 0.05) is 10.3 Å². The van der Waals surface area contributed by atoms with Crippen LogP contribution in [0.2, 0.25) is 5.02 Å². The topological polar surface area (TPSA) is 29.5 Å². The fourth-order valence-corrected chi connectivity index (χ4v) is 2.47. The van der Waals surface area contributed by atoms with Gasteiger partial charge in [-0.05, 0) is 24.6 Å². The lowest BCUT2D eigenvalue weighted by Gasteiger charge is -2.14. The second-order valence-electron chi connectivity index (χ2n) is 3.13. The maximum absolute atomic E-state index is 9.13. The summed E-state index contributed by atoms with van der Waals surface area (Å²) < 4.78 is 5.23. The third-order valence-corrected chi connectivity index (χ3v) is 3.70. The van der Waals surface area contributed by atoms with Crippen molar-refractivity contribution in [3.63, 3.8) is 0 Å². The monoisotopic (exact) mass is 246 g/mol. The van der Waals surface area contributed by atoms with Crippen LogP contribution in [0.1, 0.15) is 13.3 Å².